The Morgan fingerprint density at radius 1 is 0.333 bits per heavy atom. The Labute approximate surface area is 278 Å². The smallest absolute Gasteiger partial charge is 0.164 e. The number of nitrogens with zero attached hydrogens (tertiary/aromatic N) is 5. The van der Waals surface area contributed by atoms with Crippen molar-refractivity contribution in [2.24, 2.45) is 0 Å². The standard InChI is InChI=1S/C43H29N5/c1-26-21-27(2)45-42(44-26)34-22-33(37-25-32-17-9-15-28-19-20-29-16-10-18-36(37)39(29)38(28)32)23-35(24-34)43-47-40(30-11-5-3-6-12-30)46-41(48-43)31-13-7-4-8-14-31/h3-25H,1-2H3. The molecule has 0 amide bonds. The maximum Gasteiger partial charge on any atom is 0.164 e. The summed E-state index contributed by atoms with van der Waals surface area (Å²) in [5.74, 6) is 2.51. The topological polar surface area (TPSA) is 64.5 Å². The number of hydrogen-bond donors (Lipinski definition) is 0. The zero-order valence-corrected chi connectivity index (χ0v) is 26.5. The number of aryl methyl sites for hydroxylation is 2. The Balaban J connectivity index is 1.34. The summed E-state index contributed by atoms with van der Waals surface area (Å²) in [4.78, 5) is 24.8. The number of hydrogen-bond acceptors (Lipinski definition) is 5. The van der Waals surface area contributed by atoms with Crippen molar-refractivity contribution >= 4 is 32.3 Å². The van der Waals surface area contributed by atoms with E-state index in [0.29, 0.717) is 23.3 Å². The summed E-state index contributed by atoms with van der Waals surface area (Å²) in [6.45, 7) is 4.02. The lowest BCUT2D eigenvalue weighted by atomic mass is 9.88. The fourth-order valence-corrected chi connectivity index (χ4v) is 6.83. The minimum atomic E-state index is 0.590. The molecule has 9 rings (SSSR count). The Morgan fingerprint density at radius 3 is 1.42 bits per heavy atom. The van der Waals surface area contributed by atoms with E-state index in [9.17, 15) is 0 Å². The summed E-state index contributed by atoms with van der Waals surface area (Å²) in [7, 11) is 0. The van der Waals surface area contributed by atoms with Gasteiger partial charge in [0.15, 0.2) is 23.3 Å². The quantitative estimate of drug-likeness (QED) is 0.180. The van der Waals surface area contributed by atoms with Crippen molar-refractivity contribution in [1.29, 1.82) is 0 Å². The van der Waals surface area contributed by atoms with Crippen molar-refractivity contribution in [2.45, 2.75) is 13.8 Å². The molecule has 0 atom stereocenters. The van der Waals surface area contributed by atoms with Crippen LogP contribution in [-0.4, -0.2) is 24.9 Å². The van der Waals surface area contributed by atoms with Crippen molar-refractivity contribution in [3.63, 3.8) is 0 Å². The van der Waals surface area contributed by atoms with E-state index in [1.165, 1.54) is 32.3 Å². The molecular weight excluding hydrogens is 587 g/mol. The van der Waals surface area contributed by atoms with E-state index in [1.807, 2.05) is 80.6 Å². The summed E-state index contributed by atoms with van der Waals surface area (Å²) in [6.07, 6.45) is 0. The lowest BCUT2D eigenvalue weighted by molar-refractivity contribution is 1.06. The third-order valence-electron chi connectivity index (χ3n) is 8.95. The molecule has 0 saturated heterocycles. The third kappa shape index (κ3) is 4.84. The Hall–Kier alpha value is -6.33. The Bertz CT molecular complexity index is 2550. The first-order chi connectivity index (χ1) is 23.6. The fraction of sp³-hybridized carbons (Fsp3) is 0.0465. The second kappa shape index (κ2) is 11.2. The molecule has 0 unspecified atom stereocenters. The van der Waals surface area contributed by atoms with E-state index < -0.39 is 0 Å². The highest BCUT2D eigenvalue weighted by molar-refractivity contribution is 6.26. The molecule has 0 N–H and O–H groups in total. The summed E-state index contributed by atoms with van der Waals surface area (Å²) >= 11 is 0. The molecule has 0 saturated carbocycles. The van der Waals surface area contributed by atoms with Gasteiger partial charge in [-0.2, -0.15) is 0 Å². The summed E-state index contributed by atoms with van der Waals surface area (Å²) in [5.41, 5.74) is 7.66. The van der Waals surface area contributed by atoms with Crippen LogP contribution >= 0.6 is 0 Å². The largest absolute Gasteiger partial charge is 0.233 e. The van der Waals surface area contributed by atoms with E-state index in [0.717, 1.165) is 44.8 Å². The van der Waals surface area contributed by atoms with E-state index in [4.69, 9.17) is 24.9 Å². The van der Waals surface area contributed by atoms with Crippen LogP contribution in [0.4, 0.5) is 0 Å². The first-order valence-electron chi connectivity index (χ1n) is 16.1. The van der Waals surface area contributed by atoms with Crippen LogP contribution in [0.3, 0.4) is 0 Å². The van der Waals surface area contributed by atoms with Crippen LogP contribution in [0.15, 0.2) is 140 Å². The van der Waals surface area contributed by atoms with Crippen molar-refractivity contribution in [2.75, 3.05) is 0 Å². The molecule has 7 aromatic carbocycles. The van der Waals surface area contributed by atoms with Crippen LogP contribution in [0.2, 0.25) is 0 Å². The van der Waals surface area contributed by atoms with Crippen LogP contribution in [0.1, 0.15) is 11.4 Å². The third-order valence-corrected chi connectivity index (χ3v) is 8.95. The first kappa shape index (κ1) is 27.9. The van der Waals surface area contributed by atoms with E-state index >= 15 is 0 Å². The highest BCUT2D eigenvalue weighted by atomic mass is 15.0. The van der Waals surface area contributed by atoms with Gasteiger partial charge in [-0.3, -0.25) is 0 Å². The molecule has 226 valence electrons. The van der Waals surface area contributed by atoms with Gasteiger partial charge in [0.2, 0.25) is 0 Å². The lowest BCUT2D eigenvalue weighted by Crippen LogP contribution is -2.01. The van der Waals surface area contributed by atoms with Gasteiger partial charge in [-0.1, -0.05) is 109 Å². The monoisotopic (exact) mass is 615 g/mol. The van der Waals surface area contributed by atoms with Gasteiger partial charge < -0.3 is 0 Å². The average molecular weight is 616 g/mol. The number of rotatable bonds is 5. The fourth-order valence-electron chi connectivity index (χ4n) is 6.83. The summed E-state index contributed by atoms with van der Waals surface area (Å²) < 4.78 is 0. The SMILES string of the molecule is Cc1cc(C)nc(-c2cc(-c3nc(-c4ccccc4)nc(-c4ccccc4)n3)cc(-c3cc4cccc5ccc6cccc3c6c54)c2)n1. The van der Waals surface area contributed by atoms with Crippen molar-refractivity contribution in [1.82, 2.24) is 24.9 Å². The second-order valence-corrected chi connectivity index (χ2v) is 12.3. The summed E-state index contributed by atoms with van der Waals surface area (Å²) in [6, 6.07) is 48.5. The van der Waals surface area contributed by atoms with Gasteiger partial charge in [-0.05, 0) is 87.6 Å². The maximum absolute atomic E-state index is 5.08. The molecule has 5 heteroatoms. The highest BCUT2D eigenvalue weighted by Gasteiger charge is 2.18. The van der Waals surface area contributed by atoms with Crippen molar-refractivity contribution in [3.05, 3.63) is 151 Å². The van der Waals surface area contributed by atoms with Gasteiger partial charge in [0, 0.05) is 33.6 Å². The predicted molar refractivity (Wildman–Crippen MR) is 196 cm³/mol. The molecule has 0 radical (unpaired) electrons. The van der Waals surface area contributed by atoms with Crippen LogP contribution in [0.25, 0.3) is 89.0 Å². The molecule has 0 aliphatic heterocycles. The molecule has 2 aromatic heterocycles. The minimum absolute atomic E-state index is 0.590. The molecule has 2 heterocycles. The van der Waals surface area contributed by atoms with Gasteiger partial charge in [0.1, 0.15) is 0 Å². The van der Waals surface area contributed by atoms with Gasteiger partial charge >= 0.3 is 0 Å². The van der Waals surface area contributed by atoms with Crippen LogP contribution in [-0.2, 0) is 0 Å². The first-order valence-corrected chi connectivity index (χ1v) is 16.1. The molecule has 9 aromatic rings. The molecule has 0 fully saturated rings. The molecule has 0 aliphatic carbocycles. The van der Waals surface area contributed by atoms with Crippen LogP contribution < -0.4 is 0 Å². The lowest BCUT2D eigenvalue weighted by Gasteiger charge is -2.16. The normalized spacial score (nSPS) is 11.5. The highest BCUT2D eigenvalue weighted by Crippen LogP contribution is 2.42. The van der Waals surface area contributed by atoms with Crippen molar-refractivity contribution in [3.8, 4) is 56.7 Å². The van der Waals surface area contributed by atoms with E-state index in [-0.39, 0.29) is 0 Å². The number of aromatic nitrogens is 5. The molecule has 5 nitrogen and oxygen atoms in total. The van der Waals surface area contributed by atoms with E-state index in [2.05, 4.69) is 72.8 Å². The zero-order valence-electron chi connectivity index (χ0n) is 26.5. The molecule has 0 aliphatic rings. The minimum Gasteiger partial charge on any atom is -0.233 e. The van der Waals surface area contributed by atoms with Gasteiger partial charge in [0.05, 0.1) is 0 Å². The zero-order chi connectivity index (χ0) is 32.2. The van der Waals surface area contributed by atoms with Gasteiger partial charge in [-0.25, -0.2) is 24.9 Å². The van der Waals surface area contributed by atoms with Gasteiger partial charge in [-0.15, -0.1) is 0 Å². The van der Waals surface area contributed by atoms with Gasteiger partial charge in [0.25, 0.3) is 0 Å². The number of benzene rings is 7. The Morgan fingerprint density at radius 2 is 0.812 bits per heavy atom. The maximum atomic E-state index is 5.08. The average Bonchev–Trinajstić information content (AvgIpc) is 3.13. The van der Waals surface area contributed by atoms with Crippen molar-refractivity contribution < 1.29 is 0 Å². The summed E-state index contributed by atoms with van der Waals surface area (Å²) in [5, 5.41) is 7.44. The molecule has 0 spiro atoms. The molecule has 48 heavy (non-hydrogen) atoms. The second-order valence-electron chi connectivity index (χ2n) is 12.3. The Kier molecular flexibility index (Phi) is 6.51. The molecular formula is C43H29N5. The van der Waals surface area contributed by atoms with Crippen LogP contribution in [0.5, 0.6) is 0 Å². The predicted octanol–water partition coefficient (Wildman–Crippen LogP) is 10.5. The van der Waals surface area contributed by atoms with E-state index in [1.54, 1.807) is 0 Å². The molecule has 0 bridgehead atoms. The van der Waals surface area contributed by atoms with Crippen LogP contribution in [0, 0.1) is 13.8 Å².